The molecule has 1 aromatic rings. The molecule has 116 valence electrons. The van der Waals surface area contributed by atoms with Crippen molar-refractivity contribution in [2.45, 2.75) is 39.7 Å². The molecule has 1 aromatic carbocycles. The molecule has 0 N–H and O–H groups in total. The third kappa shape index (κ3) is 3.94. The van der Waals surface area contributed by atoms with Crippen molar-refractivity contribution < 1.29 is 9.72 Å². The average molecular weight is 313 g/mol. The van der Waals surface area contributed by atoms with Gasteiger partial charge < -0.3 is 4.90 Å². The van der Waals surface area contributed by atoms with Gasteiger partial charge in [0.1, 0.15) is 5.56 Å². The second kappa shape index (κ2) is 7.98. The van der Waals surface area contributed by atoms with Crippen LogP contribution in [0, 0.1) is 17.0 Å². The van der Waals surface area contributed by atoms with Gasteiger partial charge in [-0.2, -0.15) is 0 Å². The summed E-state index contributed by atoms with van der Waals surface area (Å²) in [6, 6.07) is 4.85. The van der Waals surface area contributed by atoms with Crippen LogP contribution in [0.5, 0.6) is 0 Å². The van der Waals surface area contributed by atoms with E-state index in [2.05, 4.69) is 0 Å². The Morgan fingerprint density at radius 1 is 1.38 bits per heavy atom. The number of amides is 1. The standard InChI is InChI=1S/C15H21ClN2O3/c1-4-12(5-2)17(10-9-16)15(19)13-8-6-7-11(3)14(13)18(20)21/h6-8,12H,4-5,9-10H2,1-3H3. The summed E-state index contributed by atoms with van der Waals surface area (Å²) in [5, 5.41) is 11.2. The van der Waals surface area contributed by atoms with Crippen molar-refractivity contribution in [3.63, 3.8) is 0 Å². The molecule has 0 fully saturated rings. The number of nitro groups is 1. The molecule has 0 saturated heterocycles. The average Bonchev–Trinajstić information content (AvgIpc) is 2.46. The van der Waals surface area contributed by atoms with Crippen molar-refractivity contribution in [2.75, 3.05) is 12.4 Å². The van der Waals surface area contributed by atoms with Crippen LogP contribution >= 0.6 is 11.6 Å². The first-order valence-electron chi connectivity index (χ1n) is 7.08. The Balaban J connectivity index is 3.27. The number of alkyl halides is 1. The SMILES string of the molecule is CCC(CC)N(CCCl)C(=O)c1cccc(C)c1[N+](=O)[O-]. The monoisotopic (exact) mass is 312 g/mol. The maximum Gasteiger partial charge on any atom is 0.285 e. The highest BCUT2D eigenvalue weighted by molar-refractivity contribution is 6.18. The first-order chi connectivity index (χ1) is 9.97. The summed E-state index contributed by atoms with van der Waals surface area (Å²) in [4.78, 5) is 25.1. The molecule has 0 unspecified atom stereocenters. The number of nitro benzene ring substituents is 1. The maximum atomic E-state index is 12.7. The Kier molecular flexibility index (Phi) is 6.62. The normalized spacial score (nSPS) is 10.7. The van der Waals surface area contributed by atoms with E-state index in [1.807, 2.05) is 13.8 Å². The van der Waals surface area contributed by atoms with E-state index in [1.165, 1.54) is 6.07 Å². The second-order valence-corrected chi connectivity index (χ2v) is 5.26. The number of rotatable bonds is 7. The molecule has 21 heavy (non-hydrogen) atoms. The van der Waals surface area contributed by atoms with Gasteiger partial charge in [0.25, 0.3) is 11.6 Å². The number of halogens is 1. The van der Waals surface area contributed by atoms with Crippen LogP contribution in [-0.4, -0.2) is 34.2 Å². The first kappa shape index (κ1) is 17.4. The second-order valence-electron chi connectivity index (χ2n) is 4.89. The van der Waals surface area contributed by atoms with Crippen molar-refractivity contribution in [2.24, 2.45) is 0 Å². The minimum absolute atomic E-state index is 0.0383. The van der Waals surface area contributed by atoms with E-state index in [1.54, 1.807) is 24.0 Å². The van der Waals surface area contributed by atoms with Gasteiger partial charge in [0.05, 0.1) is 4.92 Å². The molecule has 0 aliphatic heterocycles. The third-order valence-corrected chi connectivity index (χ3v) is 3.79. The lowest BCUT2D eigenvalue weighted by atomic mass is 10.0. The van der Waals surface area contributed by atoms with Gasteiger partial charge in [-0.25, -0.2) is 0 Å². The minimum atomic E-state index is -0.492. The molecule has 0 aromatic heterocycles. The molecular formula is C15H21ClN2O3. The number of hydrogen-bond donors (Lipinski definition) is 0. The van der Waals surface area contributed by atoms with Crippen LogP contribution < -0.4 is 0 Å². The predicted molar refractivity (Wildman–Crippen MR) is 84.0 cm³/mol. The van der Waals surface area contributed by atoms with Crippen molar-refractivity contribution in [3.8, 4) is 0 Å². The van der Waals surface area contributed by atoms with E-state index in [0.717, 1.165) is 12.8 Å². The lowest BCUT2D eigenvalue weighted by Gasteiger charge is -2.30. The quantitative estimate of drug-likeness (QED) is 0.437. The Bertz CT molecular complexity index is 516. The van der Waals surface area contributed by atoms with Gasteiger partial charge in [-0.05, 0) is 25.8 Å². The summed E-state index contributed by atoms with van der Waals surface area (Å²) in [5.41, 5.74) is 0.506. The van der Waals surface area contributed by atoms with Gasteiger partial charge in [0, 0.05) is 24.0 Å². The highest BCUT2D eigenvalue weighted by Gasteiger charge is 2.28. The lowest BCUT2D eigenvalue weighted by molar-refractivity contribution is -0.385. The van der Waals surface area contributed by atoms with E-state index in [-0.39, 0.29) is 23.2 Å². The number of nitrogens with zero attached hydrogens (tertiary/aromatic N) is 2. The van der Waals surface area contributed by atoms with Crippen LogP contribution in [0.2, 0.25) is 0 Å². The van der Waals surface area contributed by atoms with Crippen molar-refractivity contribution in [1.29, 1.82) is 0 Å². The molecule has 1 rings (SSSR count). The molecule has 6 heteroatoms. The predicted octanol–water partition coefficient (Wildman–Crippen LogP) is 3.77. The summed E-state index contributed by atoms with van der Waals surface area (Å²) in [6.45, 7) is 6.01. The number of carbonyl (C=O) groups excluding carboxylic acids is 1. The van der Waals surface area contributed by atoms with E-state index in [9.17, 15) is 14.9 Å². The zero-order valence-corrected chi connectivity index (χ0v) is 13.4. The van der Waals surface area contributed by atoms with Crippen LogP contribution in [0.4, 0.5) is 5.69 Å². The number of para-hydroxylation sites is 1. The summed E-state index contributed by atoms with van der Waals surface area (Å²) in [7, 11) is 0. The Morgan fingerprint density at radius 3 is 2.48 bits per heavy atom. The summed E-state index contributed by atoms with van der Waals surface area (Å²) >= 11 is 5.79. The largest absolute Gasteiger partial charge is 0.334 e. The molecule has 0 spiro atoms. The highest BCUT2D eigenvalue weighted by atomic mass is 35.5. The molecule has 0 atom stereocenters. The fourth-order valence-corrected chi connectivity index (χ4v) is 2.68. The maximum absolute atomic E-state index is 12.7. The van der Waals surface area contributed by atoms with Crippen LogP contribution in [0.25, 0.3) is 0 Å². The number of hydrogen-bond acceptors (Lipinski definition) is 3. The Labute approximate surface area is 130 Å². The third-order valence-electron chi connectivity index (χ3n) is 3.62. The highest BCUT2D eigenvalue weighted by Crippen LogP contribution is 2.25. The van der Waals surface area contributed by atoms with Gasteiger partial charge in [-0.15, -0.1) is 11.6 Å². The number of carbonyl (C=O) groups is 1. The summed E-state index contributed by atoms with van der Waals surface area (Å²) in [5.74, 6) is -0.0123. The van der Waals surface area contributed by atoms with Gasteiger partial charge in [0.15, 0.2) is 0 Å². The van der Waals surface area contributed by atoms with Crippen molar-refractivity contribution in [1.82, 2.24) is 4.90 Å². The van der Waals surface area contributed by atoms with Gasteiger partial charge in [-0.1, -0.05) is 26.0 Å². The Hall–Kier alpha value is -1.62. The van der Waals surface area contributed by atoms with Crippen LogP contribution in [0.1, 0.15) is 42.6 Å². The minimum Gasteiger partial charge on any atom is -0.334 e. The van der Waals surface area contributed by atoms with E-state index >= 15 is 0 Å². The molecule has 0 aliphatic rings. The molecule has 0 bridgehead atoms. The zero-order chi connectivity index (χ0) is 16.0. The Morgan fingerprint density at radius 2 is 2.00 bits per heavy atom. The zero-order valence-electron chi connectivity index (χ0n) is 12.6. The first-order valence-corrected chi connectivity index (χ1v) is 7.62. The molecular weight excluding hydrogens is 292 g/mol. The molecule has 0 saturated carbocycles. The van der Waals surface area contributed by atoms with E-state index in [0.29, 0.717) is 18.0 Å². The van der Waals surface area contributed by atoms with Crippen LogP contribution in [-0.2, 0) is 0 Å². The van der Waals surface area contributed by atoms with Crippen LogP contribution in [0.15, 0.2) is 18.2 Å². The molecule has 0 aliphatic carbocycles. The van der Waals surface area contributed by atoms with Gasteiger partial charge >= 0.3 is 0 Å². The smallest absolute Gasteiger partial charge is 0.285 e. The van der Waals surface area contributed by atoms with E-state index < -0.39 is 4.92 Å². The molecule has 5 nitrogen and oxygen atoms in total. The van der Waals surface area contributed by atoms with E-state index in [4.69, 9.17) is 11.6 Å². The molecule has 0 radical (unpaired) electrons. The van der Waals surface area contributed by atoms with Gasteiger partial charge in [0.2, 0.25) is 0 Å². The summed E-state index contributed by atoms with van der Waals surface area (Å²) in [6.07, 6.45) is 1.58. The van der Waals surface area contributed by atoms with Crippen LogP contribution in [0.3, 0.4) is 0 Å². The summed E-state index contributed by atoms with van der Waals surface area (Å²) < 4.78 is 0. The van der Waals surface area contributed by atoms with Crippen molar-refractivity contribution >= 4 is 23.2 Å². The lowest BCUT2D eigenvalue weighted by Crippen LogP contribution is -2.41. The molecule has 1 amide bonds. The van der Waals surface area contributed by atoms with Crippen molar-refractivity contribution in [3.05, 3.63) is 39.4 Å². The fourth-order valence-electron chi connectivity index (χ4n) is 2.50. The fraction of sp³-hybridized carbons (Fsp3) is 0.533. The van der Waals surface area contributed by atoms with Gasteiger partial charge in [-0.3, -0.25) is 14.9 Å². The number of aryl methyl sites for hydroxylation is 1. The number of benzene rings is 1. The molecule has 0 heterocycles. The topological polar surface area (TPSA) is 63.5 Å².